The molecule has 2 atom stereocenters. The first-order valence-corrected chi connectivity index (χ1v) is 5.16. The van der Waals surface area contributed by atoms with Crippen molar-refractivity contribution in [1.29, 1.82) is 0 Å². The van der Waals surface area contributed by atoms with Crippen molar-refractivity contribution in [3.63, 3.8) is 0 Å². The molecule has 0 spiro atoms. The third kappa shape index (κ3) is 2.37. The molecular formula is C8H13FO2S. The third-order valence-corrected chi connectivity index (χ3v) is 3.44. The van der Waals surface area contributed by atoms with Gasteiger partial charge in [0, 0.05) is 5.92 Å². The SMILES string of the molecule is CC(F)(CC(=O)O)C1CCSC1. The minimum atomic E-state index is -1.52. The molecule has 1 aliphatic rings. The Labute approximate surface area is 75.5 Å². The van der Waals surface area contributed by atoms with Gasteiger partial charge in [-0.05, 0) is 24.9 Å². The fraction of sp³-hybridized carbons (Fsp3) is 0.875. The van der Waals surface area contributed by atoms with Crippen LogP contribution < -0.4 is 0 Å². The van der Waals surface area contributed by atoms with E-state index < -0.39 is 11.6 Å². The molecule has 1 saturated heterocycles. The topological polar surface area (TPSA) is 37.3 Å². The summed E-state index contributed by atoms with van der Waals surface area (Å²) in [7, 11) is 0. The quantitative estimate of drug-likeness (QED) is 0.742. The van der Waals surface area contributed by atoms with Crippen LogP contribution in [0.5, 0.6) is 0 Å². The van der Waals surface area contributed by atoms with Crippen molar-refractivity contribution in [2.45, 2.75) is 25.4 Å². The van der Waals surface area contributed by atoms with Gasteiger partial charge in [-0.25, -0.2) is 4.39 Å². The van der Waals surface area contributed by atoms with Gasteiger partial charge < -0.3 is 5.11 Å². The van der Waals surface area contributed by atoms with E-state index in [4.69, 9.17) is 5.11 Å². The largest absolute Gasteiger partial charge is 0.481 e. The molecule has 0 aliphatic carbocycles. The van der Waals surface area contributed by atoms with E-state index in [0.29, 0.717) is 0 Å². The molecule has 2 unspecified atom stereocenters. The van der Waals surface area contributed by atoms with Crippen LogP contribution >= 0.6 is 11.8 Å². The molecule has 12 heavy (non-hydrogen) atoms. The summed E-state index contributed by atoms with van der Waals surface area (Å²) in [6.45, 7) is 1.40. The van der Waals surface area contributed by atoms with E-state index in [0.717, 1.165) is 17.9 Å². The molecule has 4 heteroatoms. The van der Waals surface area contributed by atoms with Gasteiger partial charge in [-0.1, -0.05) is 0 Å². The Balaban J connectivity index is 2.50. The number of thioether (sulfide) groups is 1. The van der Waals surface area contributed by atoms with E-state index >= 15 is 0 Å². The summed E-state index contributed by atoms with van der Waals surface area (Å²) >= 11 is 1.70. The molecule has 1 heterocycles. The number of carboxylic acids is 1. The predicted molar refractivity (Wildman–Crippen MR) is 47.2 cm³/mol. The highest BCUT2D eigenvalue weighted by Crippen LogP contribution is 2.36. The van der Waals surface area contributed by atoms with Gasteiger partial charge in [0.25, 0.3) is 0 Å². The summed E-state index contributed by atoms with van der Waals surface area (Å²) in [5.41, 5.74) is -1.52. The third-order valence-electron chi connectivity index (χ3n) is 2.28. The highest BCUT2D eigenvalue weighted by atomic mass is 32.2. The van der Waals surface area contributed by atoms with Crippen LogP contribution in [0.3, 0.4) is 0 Å². The highest BCUT2D eigenvalue weighted by Gasteiger charge is 2.38. The summed E-state index contributed by atoms with van der Waals surface area (Å²) < 4.78 is 13.7. The van der Waals surface area contributed by atoms with Gasteiger partial charge in [-0.15, -0.1) is 0 Å². The molecule has 2 nitrogen and oxygen atoms in total. The van der Waals surface area contributed by atoms with Crippen LogP contribution in [0.15, 0.2) is 0 Å². The average molecular weight is 192 g/mol. The number of carboxylic acid groups (broad SMARTS) is 1. The number of halogens is 1. The zero-order valence-electron chi connectivity index (χ0n) is 7.05. The first-order chi connectivity index (χ1) is 5.52. The fourth-order valence-electron chi connectivity index (χ4n) is 1.45. The Bertz CT molecular complexity index is 176. The van der Waals surface area contributed by atoms with E-state index in [9.17, 15) is 9.18 Å². The van der Waals surface area contributed by atoms with Gasteiger partial charge in [-0.2, -0.15) is 11.8 Å². The standard InChI is InChI=1S/C8H13FO2S/c1-8(9,4-7(10)11)6-2-3-12-5-6/h6H,2-5H2,1H3,(H,10,11). The zero-order chi connectivity index (χ0) is 9.19. The summed E-state index contributed by atoms with van der Waals surface area (Å²) in [5.74, 6) is 0.611. The monoisotopic (exact) mass is 192 g/mol. The Kier molecular flexibility index (Phi) is 2.99. The van der Waals surface area contributed by atoms with Crippen molar-refractivity contribution >= 4 is 17.7 Å². The van der Waals surface area contributed by atoms with Gasteiger partial charge in [0.2, 0.25) is 0 Å². The maximum Gasteiger partial charge on any atom is 0.306 e. The second-order valence-corrected chi connectivity index (χ2v) is 4.56. The number of rotatable bonds is 3. The molecule has 1 rings (SSSR count). The lowest BCUT2D eigenvalue weighted by atomic mass is 9.88. The maximum atomic E-state index is 13.7. The van der Waals surface area contributed by atoms with Gasteiger partial charge >= 0.3 is 5.97 Å². The summed E-state index contributed by atoms with van der Waals surface area (Å²) in [6, 6.07) is 0. The molecule has 0 aromatic heterocycles. The van der Waals surface area contributed by atoms with Gasteiger partial charge in [0.05, 0.1) is 6.42 Å². The molecule has 0 aromatic rings. The van der Waals surface area contributed by atoms with Crippen LogP contribution in [0.25, 0.3) is 0 Å². The fourth-order valence-corrected chi connectivity index (χ4v) is 2.87. The van der Waals surface area contributed by atoms with Gasteiger partial charge in [0.1, 0.15) is 5.67 Å². The molecule has 1 aliphatic heterocycles. The van der Waals surface area contributed by atoms with Crippen molar-refractivity contribution in [3.8, 4) is 0 Å². The smallest absolute Gasteiger partial charge is 0.306 e. The van der Waals surface area contributed by atoms with Crippen LogP contribution in [-0.4, -0.2) is 28.3 Å². The van der Waals surface area contributed by atoms with E-state index in [1.54, 1.807) is 11.8 Å². The molecule has 0 bridgehead atoms. The number of hydrogen-bond acceptors (Lipinski definition) is 2. The molecule has 0 aromatic carbocycles. The van der Waals surface area contributed by atoms with Crippen molar-refractivity contribution in [1.82, 2.24) is 0 Å². The second kappa shape index (κ2) is 3.64. The lowest BCUT2D eigenvalue weighted by Crippen LogP contribution is -2.32. The molecule has 0 amide bonds. The normalized spacial score (nSPS) is 28.3. The molecule has 0 radical (unpaired) electrons. The van der Waals surface area contributed by atoms with Crippen LogP contribution in [0.2, 0.25) is 0 Å². The Morgan fingerprint density at radius 1 is 1.83 bits per heavy atom. The highest BCUT2D eigenvalue weighted by molar-refractivity contribution is 7.99. The molecule has 1 fully saturated rings. The minimum absolute atomic E-state index is 0.0707. The van der Waals surface area contributed by atoms with Crippen LogP contribution in [0.1, 0.15) is 19.8 Å². The second-order valence-electron chi connectivity index (χ2n) is 3.41. The molecule has 0 saturated carbocycles. The molecule has 70 valence electrons. The van der Waals surface area contributed by atoms with Crippen LogP contribution in [0, 0.1) is 5.92 Å². The maximum absolute atomic E-state index is 13.7. The van der Waals surface area contributed by atoms with E-state index in [-0.39, 0.29) is 12.3 Å². The summed E-state index contributed by atoms with van der Waals surface area (Å²) in [5, 5.41) is 8.46. The van der Waals surface area contributed by atoms with Crippen molar-refractivity contribution < 1.29 is 14.3 Å². The Morgan fingerprint density at radius 3 is 2.92 bits per heavy atom. The first-order valence-electron chi connectivity index (χ1n) is 4.01. The van der Waals surface area contributed by atoms with Crippen molar-refractivity contribution in [2.75, 3.05) is 11.5 Å². The summed E-state index contributed by atoms with van der Waals surface area (Å²) in [6.07, 6.45) is 0.448. The van der Waals surface area contributed by atoms with Gasteiger partial charge in [-0.3, -0.25) is 4.79 Å². The average Bonchev–Trinajstić information content (AvgIpc) is 2.32. The van der Waals surface area contributed by atoms with Crippen LogP contribution in [0.4, 0.5) is 4.39 Å². The minimum Gasteiger partial charge on any atom is -0.481 e. The number of aliphatic carboxylic acids is 1. The number of hydrogen-bond donors (Lipinski definition) is 1. The predicted octanol–water partition coefficient (Wildman–Crippen LogP) is 1.94. The number of alkyl halides is 1. The van der Waals surface area contributed by atoms with Crippen molar-refractivity contribution in [3.05, 3.63) is 0 Å². The lowest BCUT2D eigenvalue weighted by molar-refractivity contribution is -0.140. The summed E-state index contributed by atoms with van der Waals surface area (Å²) in [4.78, 5) is 10.3. The Morgan fingerprint density at radius 2 is 2.50 bits per heavy atom. The first kappa shape index (κ1) is 9.84. The molecular weight excluding hydrogens is 179 g/mol. The number of carbonyl (C=O) groups is 1. The van der Waals surface area contributed by atoms with E-state index in [2.05, 4.69) is 0 Å². The van der Waals surface area contributed by atoms with E-state index in [1.165, 1.54) is 6.92 Å². The van der Waals surface area contributed by atoms with Crippen LogP contribution in [-0.2, 0) is 4.79 Å². The molecule has 1 N–H and O–H groups in total. The Hall–Kier alpha value is -0.250. The van der Waals surface area contributed by atoms with Crippen molar-refractivity contribution in [2.24, 2.45) is 5.92 Å². The zero-order valence-corrected chi connectivity index (χ0v) is 7.86. The lowest BCUT2D eigenvalue weighted by Gasteiger charge is -2.24. The van der Waals surface area contributed by atoms with E-state index in [1.807, 2.05) is 0 Å². The van der Waals surface area contributed by atoms with Gasteiger partial charge in [0.15, 0.2) is 0 Å².